The Morgan fingerprint density at radius 2 is 1.89 bits per heavy atom. The fraction of sp³-hybridized carbons (Fsp3) is 0. The SMILES string of the molecule is O=C(Nc1cc(Cl)nc(Cl)n1)c1ccc(F)cc1F. The third-order valence-corrected chi connectivity index (χ3v) is 2.45. The highest BCUT2D eigenvalue weighted by molar-refractivity contribution is 6.32. The summed E-state index contributed by atoms with van der Waals surface area (Å²) in [6, 6.07) is 3.84. The molecule has 2 aromatic rings. The molecule has 8 heteroatoms. The molecule has 0 saturated carbocycles. The molecular formula is C11H5Cl2F2N3O. The number of benzene rings is 1. The highest BCUT2D eigenvalue weighted by Crippen LogP contribution is 2.16. The van der Waals surface area contributed by atoms with Gasteiger partial charge in [-0.15, -0.1) is 0 Å². The molecule has 0 aliphatic heterocycles. The molecule has 2 rings (SSSR count). The summed E-state index contributed by atoms with van der Waals surface area (Å²) in [7, 11) is 0. The monoisotopic (exact) mass is 303 g/mol. The first-order valence-corrected chi connectivity index (χ1v) is 5.68. The number of hydrogen-bond donors (Lipinski definition) is 1. The Labute approximate surface area is 116 Å². The minimum atomic E-state index is -0.983. The summed E-state index contributed by atoms with van der Waals surface area (Å²) < 4.78 is 26.1. The quantitative estimate of drug-likeness (QED) is 0.684. The van der Waals surface area contributed by atoms with Crippen molar-refractivity contribution in [3.8, 4) is 0 Å². The summed E-state index contributed by atoms with van der Waals surface area (Å²) in [6.45, 7) is 0. The molecule has 0 saturated heterocycles. The van der Waals surface area contributed by atoms with Gasteiger partial charge < -0.3 is 5.32 Å². The van der Waals surface area contributed by atoms with E-state index < -0.39 is 17.5 Å². The molecule has 0 fully saturated rings. The van der Waals surface area contributed by atoms with Gasteiger partial charge in [-0.05, 0) is 23.7 Å². The predicted molar refractivity (Wildman–Crippen MR) is 66.4 cm³/mol. The first-order chi connectivity index (χ1) is 8.95. The van der Waals surface area contributed by atoms with Gasteiger partial charge in [0.05, 0.1) is 5.56 Å². The fourth-order valence-electron chi connectivity index (χ4n) is 1.31. The molecule has 0 radical (unpaired) electrons. The summed E-state index contributed by atoms with van der Waals surface area (Å²) in [5.74, 6) is -2.55. The standard InChI is InChI=1S/C11H5Cl2F2N3O/c12-8-4-9(18-11(13)16-8)17-10(19)6-2-1-5(14)3-7(6)15/h1-4H,(H,16,17,18,19). The van der Waals surface area contributed by atoms with Gasteiger partial charge in [0.15, 0.2) is 0 Å². The Bertz CT molecular complexity index is 632. The van der Waals surface area contributed by atoms with Crippen LogP contribution in [0.5, 0.6) is 0 Å². The van der Waals surface area contributed by atoms with E-state index in [2.05, 4.69) is 15.3 Å². The van der Waals surface area contributed by atoms with Crippen LogP contribution in [0.4, 0.5) is 14.6 Å². The maximum Gasteiger partial charge on any atom is 0.259 e. The number of amides is 1. The second kappa shape index (κ2) is 5.46. The number of nitrogens with zero attached hydrogens (tertiary/aromatic N) is 2. The molecule has 0 atom stereocenters. The maximum atomic E-state index is 13.4. The van der Waals surface area contributed by atoms with Crippen molar-refractivity contribution in [2.45, 2.75) is 0 Å². The number of carbonyl (C=O) groups is 1. The summed E-state index contributed by atoms with van der Waals surface area (Å²) in [6.07, 6.45) is 0. The highest BCUT2D eigenvalue weighted by Gasteiger charge is 2.14. The Balaban J connectivity index is 2.25. The summed E-state index contributed by atoms with van der Waals surface area (Å²) in [5.41, 5.74) is -0.327. The van der Waals surface area contributed by atoms with Gasteiger partial charge >= 0.3 is 0 Å². The van der Waals surface area contributed by atoms with Gasteiger partial charge in [0.2, 0.25) is 5.28 Å². The lowest BCUT2D eigenvalue weighted by Crippen LogP contribution is -2.15. The van der Waals surface area contributed by atoms with Crippen molar-refractivity contribution in [2.24, 2.45) is 0 Å². The van der Waals surface area contributed by atoms with Gasteiger partial charge in [-0.25, -0.2) is 18.7 Å². The number of rotatable bonds is 2. The van der Waals surface area contributed by atoms with Crippen LogP contribution in [0, 0.1) is 11.6 Å². The largest absolute Gasteiger partial charge is 0.306 e. The average Bonchev–Trinajstić information content (AvgIpc) is 2.26. The van der Waals surface area contributed by atoms with Crippen molar-refractivity contribution in [1.29, 1.82) is 0 Å². The first-order valence-electron chi connectivity index (χ1n) is 4.92. The smallest absolute Gasteiger partial charge is 0.259 e. The molecular weight excluding hydrogens is 299 g/mol. The van der Waals surface area contributed by atoms with Crippen LogP contribution in [0.15, 0.2) is 24.3 Å². The van der Waals surface area contributed by atoms with Crippen LogP contribution >= 0.6 is 23.2 Å². The van der Waals surface area contributed by atoms with Crippen LogP contribution in [0.2, 0.25) is 10.4 Å². The highest BCUT2D eigenvalue weighted by atomic mass is 35.5. The minimum Gasteiger partial charge on any atom is -0.306 e. The number of halogens is 4. The second-order valence-corrected chi connectivity index (χ2v) is 4.15. The van der Waals surface area contributed by atoms with E-state index in [4.69, 9.17) is 23.2 Å². The average molecular weight is 304 g/mol. The number of anilines is 1. The molecule has 1 aromatic carbocycles. The Kier molecular flexibility index (Phi) is 3.92. The van der Waals surface area contributed by atoms with Crippen LogP contribution in [0.1, 0.15) is 10.4 Å². The molecule has 0 bridgehead atoms. The molecule has 4 nitrogen and oxygen atoms in total. The van der Waals surface area contributed by atoms with Gasteiger partial charge in [0.25, 0.3) is 5.91 Å². The molecule has 1 amide bonds. The van der Waals surface area contributed by atoms with Gasteiger partial charge in [-0.1, -0.05) is 11.6 Å². The zero-order chi connectivity index (χ0) is 14.0. The zero-order valence-electron chi connectivity index (χ0n) is 9.12. The molecule has 0 unspecified atom stereocenters. The van der Waals surface area contributed by atoms with E-state index in [0.717, 1.165) is 12.1 Å². The number of carbonyl (C=O) groups excluding carboxylic acids is 1. The predicted octanol–water partition coefficient (Wildman–Crippen LogP) is 3.31. The lowest BCUT2D eigenvalue weighted by atomic mass is 10.2. The van der Waals surface area contributed by atoms with Crippen molar-refractivity contribution >= 4 is 34.9 Å². The van der Waals surface area contributed by atoms with Crippen LogP contribution in [-0.2, 0) is 0 Å². The van der Waals surface area contributed by atoms with Crippen molar-refractivity contribution in [3.63, 3.8) is 0 Å². The van der Waals surface area contributed by atoms with E-state index in [0.29, 0.717) is 6.07 Å². The fourth-order valence-corrected chi connectivity index (χ4v) is 1.72. The molecule has 0 spiro atoms. The van der Waals surface area contributed by atoms with Crippen molar-refractivity contribution in [2.75, 3.05) is 5.32 Å². The third-order valence-electron chi connectivity index (χ3n) is 2.08. The maximum absolute atomic E-state index is 13.4. The number of aromatic nitrogens is 2. The van der Waals surface area contributed by atoms with E-state index in [-0.39, 0.29) is 21.8 Å². The molecule has 0 aliphatic carbocycles. The normalized spacial score (nSPS) is 10.3. The topological polar surface area (TPSA) is 54.9 Å². The Morgan fingerprint density at radius 3 is 2.53 bits per heavy atom. The lowest BCUT2D eigenvalue weighted by molar-refractivity contribution is 0.102. The van der Waals surface area contributed by atoms with Gasteiger partial charge in [-0.2, -0.15) is 0 Å². The van der Waals surface area contributed by atoms with E-state index in [1.807, 2.05) is 0 Å². The zero-order valence-corrected chi connectivity index (χ0v) is 10.6. The van der Waals surface area contributed by atoms with Crippen molar-refractivity contribution < 1.29 is 13.6 Å². The van der Waals surface area contributed by atoms with E-state index in [1.165, 1.54) is 6.07 Å². The second-order valence-electron chi connectivity index (χ2n) is 3.42. The van der Waals surface area contributed by atoms with Gasteiger partial charge in [0, 0.05) is 12.1 Å². The van der Waals surface area contributed by atoms with Crippen LogP contribution in [0.25, 0.3) is 0 Å². The summed E-state index contributed by atoms with van der Waals surface area (Å²) >= 11 is 11.2. The van der Waals surface area contributed by atoms with Crippen molar-refractivity contribution in [1.82, 2.24) is 9.97 Å². The van der Waals surface area contributed by atoms with Crippen molar-refractivity contribution in [3.05, 3.63) is 51.9 Å². The van der Waals surface area contributed by atoms with Crippen LogP contribution < -0.4 is 5.32 Å². The molecule has 0 aliphatic rings. The molecule has 1 N–H and O–H groups in total. The van der Waals surface area contributed by atoms with Crippen LogP contribution in [0.3, 0.4) is 0 Å². The van der Waals surface area contributed by atoms with Gasteiger partial charge in [0.1, 0.15) is 22.6 Å². The third kappa shape index (κ3) is 3.36. The van der Waals surface area contributed by atoms with Gasteiger partial charge in [-0.3, -0.25) is 4.79 Å². The Hall–Kier alpha value is -1.79. The molecule has 1 heterocycles. The molecule has 98 valence electrons. The number of nitrogens with one attached hydrogen (secondary N) is 1. The molecule has 19 heavy (non-hydrogen) atoms. The number of hydrogen-bond acceptors (Lipinski definition) is 3. The van der Waals surface area contributed by atoms with E-state index in [1.54, 1.807) is 0 Å². The van der Waals surface area contributed by atoms with Crippen LogP contribution in [-0.4, -0.2) is 15.9 Å². The minimum absolute atomic E-state index is 0.0127. The molecule has 1 aromatic heterocycles. The van der Waals surface area contributed by atoms with E-state index in [9.17, 15) is 13.6 Å². The summed E-state index contributed by atoms with van der Waals surface area (Å²) in [4.78, 5) is 19.0. The lowest BCUT2D eigenvalue weighted by Gasteiger charge is -2.05. The van der Waals surface area contributed by atoms with E-state index >= 15 is 0 Å². The first kappa shape index (κ1) is 13.6. The summed E-state index contributed by atoms with van der Waals surface area (Å²) in [5, 5.41) is 2.14. The Morgan fingerprint density at radius 1 is 1.16 bits per heavy atom.